The third kappa shape index (κ3) is 3.13. The predicted molar refractivity (Wildman–Crippen MR) is 87.8 cm³/mol. The summed E-state index contributed by atoms with van der Waals surface area (Å²) in [6, 6.07) is 16.6. The molecule has 0 aromatic heterocycles. The van der Waals surface area contributed by atoms with Gasteiger partial charge in [0.05, 0.1) is 0 Å². The third-order valence-electron chi connectivity index (χ3n) is 4.09. The number of benzene rings is 2. The van der Waals surface area contributed by atoms with Gasteiger partial charge in [0.2, 0.25) is 0 Å². The van der Waals surface area contributed by atoms with Crippen molar-refractivity contribution in [3.05, 3.63) is 59.7 Å². The monoisotopic (exact) mass is 268 g/mol. The molecule has 2 heteroatoms. The van der Waals surface area contributed by atoms with Crippen LogP contribution in [-0.2, 0) is 0 Å². The second kappa shape index (κ2) is 6.47. The summed E-state index contributed by atoms with van der Waals surface area (Å²) in [6.45, 7) is 4.50. The predicted octanol–water partition coefficient (Wildman–Crippen LogP) is 4.54. The molecule has 0 aliphatic carbocycles. The van der Waals surface area contributed by atoms with E-state index in [0.29, 0.717) is 11.8 Å². The number of hydrogen-bond acceptors (Lipinski definition) is 2. The second-order valence-electron chi connectivity index (χ2n) is 5.36. The number of rotatable bonds is 5. The van der Waals surface area contributed by atoms with Crippen molar-refractivity contribution in [2.75, 3.05) is 11.5 Å². The van der Waals surface area contributed by atoms with E-state index >= 15 is 0 Å². The molecule has 0 aliphatic rings. The average Bonchev–Trinajstić information content (AvgIpc) is 2.47. The molecule has 106 valence electrons. The molecular weight excluding hydrogens is 244 g/mol. The van der Waals surface area contributed by atoms with Crippen LogP contribution in [0.25, 0.3) is 0 Å². The fourth-order valence-corrected chi connectivity index (χ4v) is 2.99. The first-order chi connectivity index (χ1) is 9.65. The Hall–Kier alpha value is -1.96. The summed E-state index contributed by atoms with van der Waals surface area (Å²) in [5.41, 5.74) is 16.0. The number of nitrogen functional groups attached to an aromatic ring is 2. The molecule has 2 aromatic carbocycles. The van der Waals surface area contributed by atoms with Gasteiger partial charge in [-0.2, -0.15) is 0 Å². The van der Waals surface area contributed by atoms with Crippen molar-refractivity contribution in [3.63, 3.8) is 0 Å². The van der Waals surface area contributed by atoms with Crippen LogP contribution in [0.3, 0.4) is 0 Å². The van der Waals surface area contributed by atoms with Crippen LogP contribution in [0.2, 0.25) is 0 Å². The summed E-state index contributed by atoms with van der Waals surface area (Å²) in [7, 11) is 0. The number of hydrogen-bond donors (Lipinski definition) is 2. The minimum absolute atomic E-state index is 0.518. The van der Waals surface area contributed by atoms with Gasteiger partial charge in [0, 0.05) is 11.4 Å². The van der Waals surface area contributed by atoms with Gasteiger partial charge in [-0.15, -0.1) is 0 Å². The van der Waals surface area contributed by atoms with Crippen molar-refractivity contribution in [3.8, 4) is 0 Å². The van der Waals surface area contributed by atoms with E-state index in [4.69, 9.17) is 11.5 Å². The maximum atomic E-state index is 5.79. The molecule has 0 heterocycles. The van der Waals surface area contributed by atoms with Crippen LogP contribution >= 0.6 is 0 Å². The Bertz CT molecular complexity index is 477. The fraction of sp³-hybridized carbons (Fsp3) is 0.333. The largest absolute Gasteiger partial charge is 0.399 e. The van der Waals surface area contributed by atoms with Gasteiger partial charge >= 0.3 is 0 Å². The van der Waals surface area contributed by atoms with Crippen molar-refractivity contribution in [2.24, 2.45) is 0 Å². The van der Waals surface area contributed by atoms with E-state index in [2.05, 4.69) is 38.1 Å². The molecule has 2 aromatic rings. The van der Waals surface area contributed by atoms with Gasteiger partial charge in [0.1, 0.15) is 0 Å². The molecule has 4 N–H and O–H groups in total. The number of anilines is 2. The lowest BCUT2D eigenvalue weighted by molar-refractivity contribution is 0.510. The molecule has 0 saturated carbocycles. The Morgan fingerprint density at radius 2 is 0.950 bits per heavy atom. The topological polar surface area (TPSA) is 52.0 Å². The summed E-state index contributed by atoms with van der Waals surface area (Å²) in [6.07, 6.45) is 2.24. The van der Waals surface area contributed by atoms with E-state index in [1.807, 2.05) is 24.3 Å². The lowest BCUT2D eigenvalue weighted by atomic mass is 9.78. The molecule has 0 saturated heterocycles. The standard InChI is InChI=1S/C18H24N2/c1-3-17(13-5-9-15(19)10-6-13)18(4-2)14-7-11-16(20)12-8-14/h5-12,17-18H,3-4,19-20H2,1-2H3/t17-,18+. The second-order valence-corrected chi connectivity index (χ2v) is 5.36. The van der Waals surface area contributed by atoms with Crippen molar-refractivity contribution >= 4 is 11.4 Å². The highest BCUT2D eigenvalue weighted by Gasteiger charge is 2.21. The van der Waals surface area contributed by atoms with Crippen LogP contribution in [0.15, 0.2) is 48.5 Å². The van der Waals surface area contributed by atoms with Crippen LogP contribution < -0.4 is 11.5 Å². The van der Waals surface area contributed by atoms with Crippen LogP contribution in [-0.4, -0.2) is 0 Å². The SMILES string of the molecule is CC[C@H](c1ccc(N)cc1)[C@@H](CC)c1ccc(N)cc1. The molecule has 0 unspecified atom stereocenters. The molecule has 0 radical (unpaired) electrons. The molecule has 2 rings (SSSR count). The first-order valence-electron chi connectivity index (χ1n) is 7.36. The van der Waals surface area contributed by atoms with E-state index in [1.54, 1.807) is 0 Å². The Labute approximate surface area is 121 Å². The van der Waals surface area contributed by atoms with Crippen LogP contribution in [0, 0.1) is 0 Å². The van der Waals surface area contributed by atoms with Gasteiger partial charge in [-0.3, -0.25) is 0 Å². The van der Waals surface area contributed by atoms with E-state index in [0.717, 1.165) is 24.2 Å². The van der Waals surface area contributed by atoms with Crippen molar-refractivity contribution in [2.45, 2.75) is 38.5 Å². The minimum Gasteiger partial charge on any atom is -0.399 e. The zero-order chi connectivity index (χ0) is 14.5. The highest BCUT2D eigenvalue weighted by atomic mass is 14.5. The van der Waals surface area contributed by atoms with E-state index in [9.17, 15) is 0 Å². The summed E-state index contributed by atoms with van der Waals surface area (Å²) < 4.78 is 0. The molecule has 0 aliphatic heterocycles. The molecule has 0 amide bonds. The van der Waals surface area contributed by atoms with Gasteiger partial charge in [0.15, 0.2) is 0 Å². The lowest BCUT2D eigenvalue weighted by Gasteiger charge is -2.26. The lowest BCUT2D eigenvalue weighted by Crippen LogP contribution is -2.10. The Kier molecular flexibility index (Phi) is 4.67. The van der Waals surface area contributed by atoms with Gasteiger partial charge in [-0.1, -0.05) is 38.1 Å². The zero-order valence-electron chi connectivity index (χ0n) is 12.3. The van der Waals surface area contributed by atoms with Gasteiger partial charge in [-0.25, -0.2) is 0 Å². The van der Waals surface area contributed by atoms with Gasteiger partial charge < -0.3 is 11.5 Å². The smallest absolute Gasteiger partial charge is 0.0314 e. The van der Waals surface area contributed by atoms with Crippen molar-refractivity contribution < 1.29 is 0 Å². The summed E-state index contributed by atoms with van der Waals surface area (Å²) in [4.78, 5) is 0. The molecule has 2 nitrogen and oxygen atoms in total. The molecule has 0 bridgehead atoms. The van der Waals surface area contributed by atoms with Crippen molar-refractivity contribution in [1.82, 2.24) is 0 Å². The first-order valence-corrected chi connectivity index (χ1v) is 7.36. The van der Waals surface area contributed by atoms with E-state index in [-0.39, 0.29) is 0 Å². The molecule has 2 atom stereocenters. The van der Waals surface area contributed by atoms with Gasteiger partial charge in [-0.05, 0) is 60.1 Å². The maximum Gasteiger partial charge on any atom is 0.0314 e. The van der Waals surface area contributed by atoms with Crippen molar-refractivity contribution in [1.29, 1.82) is 0 Å². The number of nitrogens with two attached hydrogens (primary N) is 2. The Balaban J connectivity index is 2.32. The molecule has 20 heavy (non-hydrogen) atoms. The fourth-order valence-electron chi connectivity index (χ4n) is 2.99. The van der Waals surface area contributed by atoms with E-state index in [1.165, 1.54) is 11.1 Å². The molecular formula is C18H24N2. The van der Waals surface area contributed by atoms with E-state index < -0.39 is 0 Å². The Morgan fingerprint density at radius 1 is 0.650 bits per heavy atom. The highest BCUT2D eigenvalue weighted by Crippen LogP contribution is 2.38. The van der Waals surface area contributed by atoms with Crippen LogP contribution in [0.5, 0.6) is 0 Å². The Morgan fingerprint density at radius 3 is 1.20 bits per heavy atom. The minimum atomic E-state index is 0.518. The zero-order valence-corrected chi connectivity index (χ0v) is 12.3. The normalized spacial score (nSPS) is 13.9. The molecule has 0 spiro atoms. The average molecular weight is 268 g/mol. The van der Waals surface area contributed by atoms with Gasteiger partial charge in [0.25, 0.3) is 0 Å². The third-order valence-corrected chi connectivity index (χ3v) is 4.09. The summed E-state index contributed by atoms with van der Waals surface area (Å²) in [5, 5.41) is 0. The quantitative estimate of drug-likeness (QED) is 0.782. The molecule has 0 fully saturated rings. The highest BCUT2D eigenvalue weighted by molar-refractivity contribution is 5.43. The van der Waals surface area contributed by atoms with Crippen LogP contribution in [0.4, 0.5) is 11.4 Å². The maximum absolute atomic E-state index is 5.79. The first kappa shape index (κ1) is 14.4. The summed E-state index contributed by atoms with van der Waals surface area (Å²) in [5.74, 6) is 1.04. The van der Waals surface area contributed by atoms with Crippen LogP contribution in [0.1, 0.15) is 49.7 Å². The summed E-state index contributed by atoms with van der Waals surface area (Å²) >= 11 is 0.